The highest BCUT2D eigenvalue weighted by Crippen LogP contribution is 2.30. The molecule has 0 spiro atoms. The minimum atomic E-state index is -4.77. The number of fused-ring (bicyclic) bond motifs is 2. The third-order valence-corrected chi connectivity index (χ3v) is 4.56. The number of amides is 3. The number of rotatable bonds is 4. The average molecular weight is 334 g/mol. The van der Waals surface area contributed by atoms with Crippen molar-refractivity contribution >= 4 is 22.3 Å². The molecule has 2 bridgehead atoms. The van der Waals surface area contributed by atoms with E-state index in [1.54, 1.807) is 0 Å². The van der Waals surface area contributed by atoms with Crippen LogP contribution in [0.25, 0.3) is 0 Å². The van der Waals surface area contributed by atoms with E-state index in [1.807, 2.05) is 0 Å². The van der Waals surface area contributed by atoms with Crippen LogP contribution in [-0.2, 0) is 19.5 Å². The minimum absolute atomic E-state index is 0.0492. The van der Waals surface area contributed by atoms with Gasteiger partial charge in [-0.15, -0.1) is 4.28 Å². The normalized spacial score (nSPS) is 31.7. The Bertz CT molecular complexity index is 575. The number of hydrogen-bond acceptors (Lipinski definition) is 6. The minimum Gasteiger partial charge on any atom is -0.350 e. The summed E-state index contributed by atoms with van der Waals surface area (Å²) in [7, 11) is -4.77. The summed E-state index contributed by atoms with van der Waals surface area (Å²) < 4.78 is 34.6. The largest absolute Gasteiger partial charge is 0.418 e. The van der Waals surface area contributed by atoms with Crippen molar-refractivity contribution in [3.05, 3.63) is 0 Å². The Kier molecular flexibility index (Phi) is 3.97. The lowest BCUT2D eigenvalue weighted by Gasteiger charge is -2.30. The lowest BCUT2D eigenvalue weighted by atomic mass is 10.00. The van der Waals surface area contributed by atoms with Crippen LogP contribution in [0.3, 0.4) is 0 Å². The number of piperidine rings is 1. The van der Waals surface area contributed by atoms with Crippen molar-refractivity contribution in [1.82, 2.24) is 20.6 Å². The second-order valence-electron chi connectivity index (χ2n) is 5.71. The van der Waals surface area contributed by atoms with Crippen molar-refractivity contribution < 1.29 is 26.8 Å². The molecular weight excluding hydrogens is 316 g/mol. The molecule has 22 heavy (non-hydrogen) atoms. The first-order valence-electron chi connectivity index (χ1n) is 7.13. The van der Waals surface area contributed by atoms with Crippen LogP contribution < -0.4 is 10.6 Å². The standard InChI is InChI=1S/C11H18N4O6S/c16-10(13-7-3-4-12-5-7)9-2-1-8-6-14(9)11(17)15(8)21-22(18,19)20/h7-9,12H,1-6H2,(H,13,16)(H,18,19,20)/t7-,8?,9+/m1/s1. The third kappa shape index (κ3) is 3.02. The summed E-state index contributed by atoms with van der Waals surface area (Å²) in [5.74, 6) is -0.241. The Balaban J connectivity index is 1.67. The first-order chi connectivity index (χ1) is 10.3. The van der Waals surface area contributed by atoms with Gasteiger partial charge < -0.3 is 15.5 Å². The van der Waals surface area contributed by atoms with Gasteiger partial charge in [0, 0.05) is 19.1 Å². The molecular formula is C11H18N4O6S. The summed E-state index contributed by atoms with van der Waals surface area (Å²) in [6.07, 6.45) is 1.69. The fourth-order valence-corrected chi connectivity index (χ4v) is 3.57. The van der Waals surface area contributed by atoms with Crippen LogP contribution in [0, 0.1) is 0 Å². The molecule has 3 aliphatic rings. The fourth-order valence-electron chi connectivity index (χ4n) is 3.18. The van der Waals surface area contributed by atoms with Crippen LogP contribution >= 0.6 is 0 Å². The number of nitrogens with one attached hydrogen (secondary N) is 2. The molecule has 0 radical (unpaired) electrons. The topological polar surface area (TPSA) is 128 Å². The average Bonchev–Trinajstić information content (AvgIpc) is 3.01. The van der Waals surface area contributed by atoms with E-state index >= 15 is 0 Å². The maximum Gasteiger partial charge on any atom is 0.418 e. The summed E-state index contributed by atoms with van der Waals surface area (Å²) in [4.78, 5) is 25.8. The van der Waals surface area contributed by atoms with Crippen molar-refractivity contribution in [1.29, 1.82) is 0 Å². The molecule has 10 nitrogen and oxygen atoms in total. The Labute approximate surface area is 127 Å². The van der Waals surface area contributed by atoms with Gasteiger partial charge in [-0.25, -0.2) is 4.79 Å². The number of nitrogens with zero attached hydrogens (tertiary/aromatic N) is 2. The molecule has 3 saturated heterocycles. The Morgan fingerprint density at radius 1 is 1.36 bits per heavy atom. The summed E-state index contributed by atoms with van der Waals surface area (Å²) in [5, 5.41) is 6.67. The van der Waals surface area contributed by atoms with Crippen LogP contribution in [0.15, 0.2) is 0 Å². The molecule has 3 amide bonds. The predicted molar refractivity (Wildman–Crippen MR) is 72.8 cm³/mol. The third-order valence-electron chi connectivity index (χ3n) is 4.21. The van der Waals surface area contributed by atoms with Crippen LogP contribution in [0.2, 0.25) is 0 Å². The number of hydroxylamine groups is 2. The maximum atomic E-state index is 12.3. The van der Waals surface area contributed by atoms with E-state index in [1.165, 1.54) is 4.90 Å². The molecule has 0 aromatic rings. The zero-order valence-corrected chi connectivity index (χ0v) is 12.6. The predicted octanol–water partition coefficient (Wildman–Crippen LogP) is -1.53. The van der Waals surface area contributed by atoms with Crippen molar-refractivity contribution in [2.75, 3.05) is 19.6 Å². The first-order valence-corrected chi connectivity index (χ1v) is 8.49. The highest BCUT2D eigenvalue weighted by atomic mass is 32.3. The van der Waals surface area contributed by atoms with Crippen LogP contribution in [-0.4, -0.2) is 72.6 Å². The van der Waals surface area contributed by atoms with E-state index in [0.717, 1.165) is 13.0 Å². The number of urea groups is 1. The summed E-state index contributed by atoms with van der Waals surface area (Å²) in [6, 6.07) is -1.79. The Morgan fingerprint density at radius 2 is 2.14 bits per heavy atom. The van der Waals surface area contributed by atoms with Crippen molar-refractivity contribution in [2.24, 2.45) is 0 Å². The molecule has 0 aromatic carbocycles. The van der Waals surface area contributed by atoms with E-state index in [4.69, 9.17) is 4.55 Å². The second-order valence-corrected chi connectivity index (χ2v) is 6.71. The van der Waals surface area contributed by atoms with Crippen LogP contribution in [0.4, 0.5) is 4.79 Å². The quantitative estimate of drug-likeness (QED) is 0.532. The molecule has 3 heterocycles. The van der Waals surface area contributed by atoms with E-state index in [2.05, 4.69) is 14.9 Å². The number of carbonyl (C=O) groups excluding carboxylic acids is 2. The van der Waals surface area contributed by atoms with Gasteiger partial charge in [-0.2, -0.15) is 13.5 Å². The molecule has 1 unspecified atom stereocenters. The van der Waals surface area contributed by atoms with Gasteiger partial charge in [-0.1, -0.05) is 0 Å². The fraction of sp³-hybridized carbons (Fsp3) is 0.818. The second kappa shape index (κ2) is 5.65. The monoisotopic (exact) mass is 334 g/mol. The highest BCUT2D eigenvalue weighted by Gasteiger charge is 2.49. The maximum absolute atomic E-state index is 12.3. The summed E-state index contributed by atoms with van der Waals surface area (Å²) in [6.45, 7) is 1.75. The lowest BCUT2D eigenvalue weighted by Crippen LogP contribution is -2.52. The number of carbonyl (C=O) groups is 2. The van der Waals surface area contributed by atoms with E-state index < -0.39 is 28.5 Å². The van der Waals surface area contributed by atoms with Gasteiger partial charge >= 0.3 is 16.4 Å². The van der Waals surface area contributed by atoms with Gasteiger partial charge in [0.2, 0.25) is 5.91 Å². The van der Waals surface area contributed by atoms with Crippen molar-refractivity contribution in [2.45, 2.75) is 37.4 Å². The molecule has 3 atom stereocenters. The first kappa shape index (κ1) is 15.5. The number of hydrogen-bond donors (Lipinski definition) is 3. The smallest absolute Gasteiger partial charge is 0.350 e. The van der Waals surface area contributed by atoms with Crippen LogP contribution in [0.5, 0.6) is 0 Å². The zero-order chi connectivity index (χ0) is 15.9. The lowest BCUT2D eigenvalue weighted by molar-refractivity contribution is -0.126. The van der Waals surface area contributed by atoms with E-state index in [9.17, 15) is 18.0 Å². The molecule has 3 rings (SSSR count). The SMILES string of the molecule is O=C(N[C@@H]1CCNC1)[C@@H]1CCC2CN1C(=O)N2OS(=O)(=O)O. The molecule has 0 aliphatic carbocycles. The van der Waals surface area contributed by atoms with Crippen molar-refractivity contribution in [3.63, 3.8) is 0 Å². The molecule has 11 heteroatoms. The van der Waals surface area contributed by atoms with E-state index in [-0.39, 0.29) is 18.5 Å². The molecule has 3 N–H and O–H groups in total. The summed E-state index contributed by atoms with van der Waals surface area (Å²) >= 11 is 0. The molecule has 124 valence electrons. The summed E-state index contributed by atoms with van der Waals surface area (Å²) in [5.41, 5.74) is 0. The molecule has 0 saturated carbocycles. The van der Waals surface area contributed by atoms with Gasteiger partial charge in [0.1, 0.15) is 6.04 Å². The van der Waals surface area contributed by atoms with Gasteiger partial charge in [-0.05, 0) is 25.8 Å². The van der Waals surface area contributed by atoms with E-state index in [0.29, 0.717) is 24.4 Å². The molecule has 0 aromatic heterocycles. The highest BCUT2D eigenvalue weighted by molar-refractivity contribution is 7.80. The molecule has 3 aliphatic heterocycles. The Morgan fingerprint density at radius 3 is 2.77 bits per heavy atom. The molecule has 3 fully saturated rings. The Hall–Kier alpha value is -1.43. The van der Waals surface area contributed by atoms with Gasteiger partial charge in [0.25, 0.3) is 0 Å². The van der Waals surface area contributed by atoms with Gasteiger partial charge in [-0.3, -0.25) is 9.35 Å². The van der Waals surface area contributed by atoms with Gasteiger partial charge in [0.15, 0.2) is 0 Å². The van der Waals surface area contributed by atoms with Crippen LogP contribution in [0.1, 0.15) is 19.3 Å². The van der Waals surface area contributed by atoms with Gasteiger partial charge in [0.05, 0.1) is 6.04 Å². The van der Waals surface area contributed by atoms with Crippen molar-refractivity contribution in [3.8, 4) is 0 Å². The zero-order valence-electron chi connectivity index (χ0n) is 11.8.